The number of rotatable bonds is 2. The molecule has 0 aliphatic heterocycles. The van der Waals surface area contributed by atoms with Crippen LogP contribution in [0.2, 0.25) is 5.02 Å². The van der Waals surface area contributed by atoms with E-state index in [0.717, 1.165) is 17.8 Å². The molecule has 0 unspecified atom stereocenters. The van der Waals surface area contributed by atoms with Gasteiger partial charge >= 0.3 is 12.4 Å². The predicted molar refractivity (Wildman–Crippen MR) is 115 cm³/mol. The Hall–Kier alpha value is -3.41. The molecule has 0 radical (unpaired) electrons. The summed E-state index contributed by atoms with van der Waals surface area (Å²) in [6.07, 6.45) is -8.91. The molecule has 2 N–H and O–H groups in total. The molecule has 0 atom stereocenters. The summed E-state index contributed by atoms with van der Waals surface area (Å²) in [7, 11) is 0. The molecular weight excluding hydrogens is 486 g/mol. The van der Waals surface area contributed by atoms with E-state index in [1.165, 1.54) is 24.3 Å². The SMILES string of the molecule is C.Cc1[nH]nc(-c2cccc(C(F)(F)F)n2)c1Cl.Cc1cc(-c2cccc(C(F)(F)F)n2)n[nH]1. The molecule has 34 heavy (non-hydrogen) atoms. The fourth-order valence-corrected chi connectivity index (χ4v) is 2.78. The highest BCUT2D eigenvalue weighted by Crippen LogP contribution is 2.32. The molecule has 0 saturated carbocycles. The van der Waals surface area contributed by atoms with Crippen LogP contribution in [0.3, 0.4) is 0 Å². The number of hydrogen-bond acceptors (Lipinski definition) is 4. The fourth-order valence-electron chi connectivity index (χ4n) is 2.59. The second kappa shape index (κ2) is 10.2. The number of pyridine rings is 2. The Morgan fingerprint density at radius 3 is 1.71 bits per heavy atom. The van der Waals surface area contributed by atoms with Gasteiger partial charge in [-0.1, -0.05) is 31.2 Å². The highest BCUT2D eigenvalue weighted by Gasteiger charge is 2.33. The maximum Gasteiger partial charge on any atom is 0.433 e. The number of alkyl halides is 6. The van der Waals surface area contributed by atoms with E-state index < -0.39 is 23.7 Å². The molecule has 4 aromatic heterocycles. The molecule has 4 aromatic rings. The zero-order valence-electron chi connectivity index (χ0n) is 17.0. The average Bonchev–Trinajstić information content (AvgIpc) is 3.33. The van der Waals surface area contributed by atoms with Gasteiger partial charge in [0.25, 0.3) is 0 Å². The summed E-state index contributed by atoms with van der Waals surface area (Å²) in [6, 6.07) is 8.98. The third-order valence-electron chi connectivity index (χ3n) is 4.16. The van der Waals surface area contributed by atoms with Gasteiger partial charge in [0.05, 0.1) is 22.1 Å². The molecule has 0 amide bonds. The predicted octanol–water partition coefficient (Wildman–Crippen LogP) is 6.89. The summed E-state index contributed by atoms with van der Waals surface area (Å²) in [6.45, 7) is 3.44. The van der Waals surface area contributed by atoms with E-state index in [-0.39, 0.29) is 29.5 Å². The molecule has 13 heteroatoms. The second-order valence-corrected chi connectivity index (χ2v) is 7.14. The van der Waals surface area contributed by atoms with Crippen LogP contribution in [0.25, 0.3) is 22.8 Å². The van der Waals surface area contributed by atoms with E-state index >= 15 is 0 Å². The number of H-pyrrole nitrogens is 2. The standard InChI is InChI=1S/C10H7ClF3N3.C10H8F3N3.CH4/c1-5-8(11)9(17-16-5)6-3-2-4-7(15-6)10(12,13)14;1-6-5-8(16-15-6)7-3-2-4-9(14-7)10(11,12)13;/h2-4H,1H3,(H,16,17);2-5H,1H3,(H,15,16);1H4. The van der Waals surface area contributed by atoms with Gasteiger partial charge in [0, 0.05) is 5.69 Å². The summed E-state index contributed by atoms with van der Waals surface area (Å²) in [5.74, 6) is 0. The molecule has 0 saturated heterocycles. The molecule has 0 fully saturated rings. The van der Waals surface area contributed by atoms with Crippen LogP contribution in [0, 0.1) is 13.8 Å². The number of aromatic nitrogens is 6. The summed E-state index contributed by atoms with van der Waals surface area (Å²) in [4.78, 5) is 7.02. The molecule has 0 aliphatic carbocycles. The number of nitrogens with zero attached hydrogens (tertiary/aromatic N) is 4. The van der Waals surface area contributed by atoms with Crippen molar-refractivity contribution in [3.63, 3.8) is 0 Å². The van der Waals surface area contributed by atoms with E-state index in [0.29, 0.717) is 11.4 Å². The van der Waals surface area contributed by atoms with Crippen molar-refractivity contribution >= 4 is 11.6 Å². The zero-order chi connectivity index (χ0) is 24.4. The normalized spacial score (nSPS) is 11.4. The zero-order valence-corrected chi connectivity index (χ0v) is 17.7. The third-order valence-corrected chi connectivity index (χ3v) is 4.63. The number of aromatic amines is 2. The van der Waals surface area contributed by atoms with Gasteiger partial charge < -0.3 is 0 Å². The first-order valence-corrected chi connectivity index (χ1v) is 9.56. The quantitative estimate of drug-likeness (QED) is 0.291. The Balaban J connectivity index is 0.000000234. The van der Waals surface area contributed by atoms with Crippen LogP contribution in [0.1, 0.15) is 30.2 Å². The van der Waals surface area contributed by atoms with Crippen molar-refractivity contribution in [3.05, 3.63) is 70.3 Å². The molecule has 182 valence electrons. The largest absolute Gasteiger partial charge is 0.433 e. The minimum Gasteiger partial charge on any atom is -0.282 e. The number of aryl methyl sites for hydroxylation is 2. The van der Waals surface area contributed by atoms with Crippen molar-refractivity contribution in [2.75, 3.05) is 0 Å². The van der Waals surface area contributed by atoms with E-state index in [1.807, 2.05) is 0 Å². The van der Waals surface area contributed by atoms with Gasteiger partial charge in [0.2, 0.25) is 0 Å². The van der Waals surface area contributed by atoms with Gasteiger partial charge in [0.1, 0.15) is 22.8 Å². The number of halogens is 7. The van der Waals surface area contributed by atoms with E-state index in [1.54, 1.807) is 19.9 Å². The summed E-state index contributed by atoms with van der Waals surface area (Å²) in [5, 5.41) is 13.2. The lowest BCUT2D eigenvalue weighted by Gasteiger charge is -2.06. The highest BCUT2D eigenvalue weighted by atomic mass is 35.5. The lowest BCUT2D eigenvalue weighted by atomic mass is 10.2. The van der Waals surface area contributed by atoms with Gasteiger partial charge in [0.15, 0.2) is 0 Å². The molecule has 6 nitrogen and oxygen atoms in total. The van der Waals surface area contributed by atoms with Gasteiger partial charge in [-0.3, -0.25) is 10.2 Å². The molecular formula is C21H19ClF6N6. The highest BCUT2D eigenvalue weighted by molar-refractivity contribution is 6.33. The Morgan fingerprint density at radius 1 is 0.735 bits per heavy atom. The molecule has 4 rings (SSSR count). The lowest BCUT2D eigenvalue weighted by Crippen LogP contribution is -2.08. The van der Waals surface area contributed by atoms with E-state index in [4.69, 9.17) is 11.6 Å². The minimum absolute atomic E-state index is 0. The van der Waals surface area contributed by atoms with Gasteiger partial charge in [-0.05, 0) is 44.2 Å². The van der Waals surface area contributed by atoms with Crippen LogP contribution >= 0.6 is 11.6 Å². The first-order valence-electron chi connectivity index (χ1n) is 9.18. The van der Waals surface area contributed by atoms with Crippen molar-refractivity contribution in [2.24, 2.45) is 0 Å². The molecule has 0 spiro atoms. The molecule has 4 heterocycles. The van der Waals surface area contributed by atoms with Gasteiger partial charge in [-0.15, -0.1) is 0 Å². The van der Waals surface area contributed by atoms with Crippen LogP contribution in [0.5, 0.6) is 0 Å². The fraction of sp³-hybridized carbons (Fsp3) is 0.238. The maximum absolute atomic E-state index is 12.5. The van der Waals surface area contributed by atoms with Crippen molar-refractivity contribution in [1.29, 1.82) is 0 Å². The Labute approximate surface area is 195 Å². The molecule has 0 bridgehead atoms. The maximum atomic E-state index is 12.5. The smallest absolute Gasteiger partial charge is 0.282 e. The number of hydrogen-bond donors (Lipinski definition) is 2. The second-order valence-electron chi connectivity index (χ2n) is 6.76. The van der Waals surface area contributed by atoms with Crippen molar-refractivity contribution in [1.82, 2.24) is 30.4 Å². The minimum atomic E-state index is -4.48. The Kier molecular flexibility index (Phi) is 8.09. The van der Waals surface area contributed by atoms with Crippen molar-refractivity contribution < 1.29 is 26.3 Å². The van der Waals surface area contributed by atoms with Gasteiger partial charge in [-0.25, -0.2) is 9.97 Å². The van der Waals surface area contributed by atoms with E-state index in [2.05, 4.69) is 30.4 Å². The molecule has 0 aliphatic rings. The van der Waals surface area contributed by atoms with Gasteiger partial charge in [-0.2, -0.15) is 36.5 Å². The van der Waals surface area contributed by atoms with Crippen LogP contribution in [0.4, 0.5) is 26.3 Å². The van der Waals surface area contributed by atoms with Crippen LogP contribution in [-0.2, 0) is 12.4 Å². The Bertz CT molecular complexity index is 1250. The first kappa shape index (κ1) is 26.8. The van der Waals surface area contributed by atoms with E-state index in [9.17, 15) is 26.3 Å². The topological polar surface area (TPSA) is 83.1 Å². The summed E-state index contributed by atoms with van der Waals surface area (Å²) < 4.78 is 74.6. The summed E-state index contributed by atoms with van der Waals surface area (Å²) >= 11 is 5.89. The molecule has 0 aromatic carbocycles. The van der Waals surface area contributed by atoms with Crippen molar-refractivity contribution in [3.8, 4) is 22.8 Å². The van der Waals surface area contributed by atoms with Crippen molar-refractivity contribution in [2.45, 2.75) is 33.6 Å². The average molecular weight is 505 g/mol. The third kappa shape index (κ3) is 6.34. The summed E-state index contributed by atoms with van der Waals surface area (Å²) in [5.41, 5.74) is 0.402. The van der Waals surface area contributed by atoms with Crippen LogP contribution in [-0.4, -0.2) is 30.4 Å². The Morgan fingerprint density at radius 2 is 1.26 bits per heavy atom. The van der Waals surface area contributed by atoms with Crippen LogP contribution in [0.15, 0.2) is 42.5 Å². The van der Waals surface area contributed by atoms with Crippen LogP contribution < -0.4 is 0 Å². The first-order chi connectivity index (χ1) is 15.4. The number of nitrogens with one attached hydrogen (secondary N) is 2. The monoisotopic (exact) mass is 504 g/mol. The lowest BCUT2D eigenvalue weighted by molar-refractivity contribution is -0.141.